The third-order valence-corrected chi connectivity index (χ3v) is 7.57. The van der Waals surface area contributed by atoms with Crippen LogP contribution >= 0.6 is 11.6 Å². The molecule has 226 valence electrons. The number of halogens is 4. The Balaban J connectivity index is 2.09. The summed E-state index contributed by atoms with van der Waals surface area (Å²) in [5.74, 6) is -1.25. The Morgan fingerprint density at radius 1 is 0.905 bits per heavy atom. The number of amides is 2. The van der Waals surface area contributed by atoms with E-state index >= 15 is 0 Å². The fraction of sp³-hybridized carbons (Fsp3) is 0.333. The Kier molecular flexibility index (Phi) is 10.3. The summed E-state index contributed by atoms with van der Waals surface area (Å²) in [6.45, 7) is 4.44. The number of nitrogens with one attached hydrogen (secondary N) is 1. The number of hydrogen-bond donors (Lipinski definition) is 1. The maximum absolute atomic E-state index is 14.0. The molecule has 3 aromatic carbocycles. The van der Waals surface area contributed by atoms with E-state index in [0.29, 0.717) is 21.0 Å². The minimum atomic E-state index is -4.73. The highest BCUT2D eigenvalue weighted by molar-refractivity contribution is 7.92. The largest absolute Gasteiger partial charge is 0.416 e. The van der Waals surface area contributed by atoms with Gasteiger partial charge in [-0.1, -0.05) is 60.1 Å². The number of sulfonamides is 1. The lowest BCUT2D eigenvalue weighted by atomic mass is 10.0. The molecular weight excluding hydrogens is 591 g/mol. The van der Waals surface area contributed by atoms with Crippen LogP contribution in [-0.4, -0.2) is 49.5 Å². The number of carbonyl (C=O) groups is 2. The number of alkyl halides is 3. The van der Waals surface area contributed by atoms with E-state index in [-0.39, 0.29) is 18.7 Å². The third kappa shape index (κ3) is 9.49. The number of nitrogens with zero attached hydrogens (tertiary/aromatic N) is 2. The van der Waals surface area contributed by atoms with Gasteiger partial charge in [-0.3, -0.25) is 13.9 Å². The summed E-state index contributed by atoms with van der Waals surface area (Å²) in [5, 5.41) is 3.35. The summed E-state index contributed by atoms with van der Waals surface area (Å²) in [5.41, 5.74) is -0.688. The van der Waals surface area contributed by atoms with Crippen LogP contribution < -0.4 is 9.62 Å². The van der Waals surface area contributed by atoms with Crippen molar-refractivity contribution in [3.63, 3.8) is 0 Å². The molecule has 0 radical (unpaired) electrons. The van der Waals surface area contributed by atoms with Crippen molar-refractivity contribution in [2.45, 2.75) is 51.5 Å². The molecular formula is C30H33ClF3N3O4S. The molecule has 0 unspecified atom stereocenters. The van der Waals surface area contributed by atoms with Gasteiger partial charge in [0.2, 0.25) is 21.8 Å². The molecule has 3 aromatic rings. The van der Waals surface area contributed by atoms with Gasteiger partial charge in [-0.2, -0.15) is 13.2 Å². The first kappa shape index (κ1) is 32.9. The van der Waals surface area contributed by atoms with Crippen LogP contribution in [0.4, 0.5) is 18.9 Å². The normalized spacial score (nSPS) is 12.9. The second-order valence-corrected chi connectivity index (χ2v) is 13.3. The highest BCUT2D eigenvalue weighted by Gasteiger charge is 2.35. The molecule has 0 bridgehead atoms. The standard InChI is InChI=1S/C30H33ClF3N3O4S/c1-29(2,3)35-28(39)26(17-21-9-6-5-7-10-21)36(19-22-13-15-24(31)16-14-22)27(38)20-37(42(4,40)41)25-12-8-11-23(18-25)30(32,33)34/h5-16,18,26H,17,19-20H2,1-4H3,(H,35,39)/t26-/m0/s1. The topological polar surface area (TPSA) is 86.8 Å². The van der Waals surface area contributed by atoms with Crippen molar-refractivity contribution < 1.29 is 31.2 Å². The summed E-state index contributed by atoms with van der Waals surface area (Å²) in [6.07, 6.45) is -3.82. The molecule has 0 aromatic heterocycles. The average Bonchev–Trinajstić information content (AvgIpc) is 2.88. The van der Waals surface area contributed by atoms with Crippen LogP contribution in [-0.2, 0) is 38.8 Å². The van der Waals surface area contributed by atoms with Crippen LogP contribution in [0.1, 0.15) is 37.5 Å². The first-order valence-corrected chi connectivity index (χ1v) is 15.2. The summed E-state index contributed by atoms with van der Waals surface area (Å²) in [4.78, 5) is 29.0. The average molecular weight is 624 g/mol. The van der Waals surface area contributed by atoms with Gasteiger partial charge in [0.1, 0.15) is 12.6 Å². The molecule has 0 heterocycles. The lowest BCUT2D eigenvalue weighted by molar-refractivity contribution is -0.140. The maximum atomic E-state index is 14.0. The van der Waals surface area contributed by atoms with Crippen molar-refractivity contribution in [2.24, 2.45) is 0 Å². The molecule has 42 heavy (non-hydrogen) atoms. The first-order valence-electron chi connectivity index (χ1n) is 13.0. The zero-order chi connectivity index (χ0) is 31.3. The zero-order valence-electron chi connectivity index (χ0n) is 23.7. The van der Waals surface area contributed by atoms with Gasteiger partial charge in [-0.15, -0.1) is 0 Å². The molecule has 0 saturated heterocycles. The number of hydrogen-bond acceptors (Lipinski definition) is 4. The van der Waals surface area contributed by atoms with Crippen LogP contribution in [0.3, 0.4) is 0 Å². The Morgan fingerprint density at radius 2 is 1.52 bits per heavy atom. The highest BCUT2D eigenvalue weighted by atomic mass is 35.5. The van der Waals surface area contributed by atoms with E-state index in [1.807, 2.05) is 6.07 Å². The van der Waals surface area contributed by atoms with E-state index in [0.717, 1.165) is 24.0 Å². The third-order valence-electron chi connectivity index (χ3n) is 6.18. The number of benzene rings is 3. The Morgan fingerprint density at radius 3 is 2.07 bits per heavy atom. The van der Waals surface area contributed by atoms with Crippen molar-refractivity contribution in [2.75, 3.05) is 17.1 Å². The van der Waals surface area contributed by atoms with Gasteiger partial charge >= 0.3 is 6.18 Å². The summed E-state index contributed by atoms with van der Waals surface area (Å²) in [6, 6.07) is 18.2. The predicted octanol–water partition coefficient (Wildman–Crippen LogP) is 5.68. The molecule has 12 heteroatoms. The maximum Gasteiger partial charge on any atom is 0.416 e. The minimum absolute atomic E-state index is 0.0920. The fourth-order valence-corrected chi connectivity index (χ4v) is 5.21. The number of carbonyl (C=O) groups excluding carboxylic acids is 2. The van der Waals surface area contributed by atoms with Gasteiger partial charge in [0.15, 0.2) is 0 Å². The molecule has 0 spiro atoms. The molecule has 1 atom stereocenters. The molecule has 0 aliphatic heterocycles. The predicted molar refractivity (Wildman–Crippen MR) is 157 cm³/mol. The monoisotopic (exact) mass is 623 g/mol. The van der Waals surface area contributed by atoms with Crippen LogP contribution in [0.2, 0.25) is 5.02 Å². The van der Waals surface area contributed by atoms with Gasteiger partial charge in [-0.25, -0.2) is 8.42 Å². The van der Waals surface area contributed by atoms with E-state index in [2.05, 4.69) is 5.32 Å². The molecule has 0 aliphatic rings. The lowest BCUT2D eigenvalue weighted by Gasteiger charge is -2.35. The molecule has 1 N–H and O–H groups in total. The van der Waals surface area contributed by atoms with E-state index < -0.39 is 51.7 Å². The van der Waals surface area contributed by atoms with Crippen molar-refractivity contribution >= 4 is 39.1 Å². The number of anilines is 1. The molecule has 0 fully saturated rings. The van der Waals surface area contributed by atoms with Crippen molar-refractivity contribution in [1.29, 1.82) is 0 Å². The molecule has 3 rings (SSSR count). The number of rotatable bonds is 10. The fourth-order valence-electron chi connectivity index (χ4n) is 4.24. The minimum Gasteiger partial charge on any atom is -0.350 e. The molecule has 0 saturated carbocycles. The Hall–Kier alpha value is -3.57. The van der Waals surface area contributed by atoms with Crippen LogP contribution in [0.25, 0.3) is 0 Å². The van der Waals surface area contributed by atoms with E-state index in [1.165, 1.54) is 11.0 Å². The van der Waals surface area contributed by atoms with Gasteiger partial charge in [0, 0.05) is 23.5 Å². The van der Waals surface area contributed by atoms with E-state index in [1.54, 1.807) is 69.3 Å². The van der Waals surface area contributed by atoms with Gasteiger partial charge < -0.3 is 10.2 Å². The summed E-state index contributed by atoms with van der Waals surface area (Å²) in [7, 11) is -4.22. The van der Waals surface area contributed by atoms with Gasteiger partial charge in [0.05, 0.1) is 17.5 Å². The summed E-state index contributed by atoms with van der Waals surface area (Å²) >= 11 is 6.04. The quantitative estimate of drug-likeness (QED) is 0.315. The molecule has 0 aliphatic carbocycles. The van der Waals surface area contributed by atoms with Gasteiger partial charge in [-0.05, 0) is 62.2 Å². The Labute approximate surface area is 249 Å². The lowest BCUT2D eigenvalue weighted by Crippen LogP contribution is -2.56. The van der Waals surface area contributed by atoms with E-state index in [9.17, 15) is 31.2 Å². The SMILES string of the molecule is CC(C)(C)NC(=O)[C@H](Cc1ccccc1)N(Cc1ccc(Cl)cc1)C(=O)CN(c1cccc(C(F)(F)F)c1)S(C)(=O)=O. The van der Waals surface area contributed by atoms with Crippen molar-refractivity contribution in [1.82, 2.24) is 10.2 Å². The second-order valence-electron chi connectivity index (χ2n) is 10.9. The second kappa shape index (κ2) is 13.2. The highest BCUT2D eigenvalue weighted by Crippen LogP contribution is 2.32. The van der Waals surface area contributed by atoms with Crippen molar-refractivity contribution in [3.8, 4) is 0 Å². The molecule has 2 amide bonds. The smallest absolute Gasteiger partial charge is 0.350 e. The van der Waals surface area contributed by atoms with Crippen LogP contribution in [0.15, 0.2) is 78.9 Å². The van der Waals surface area contributed by atoms with Gasteiger partial charge in [0.25, 0.3) is 0 Å². The Bertz CT molecular complexity index is 1490. The zero-order valence-corrected chi connectivity index (χ0v) is 25.2. The summed E-state index contributed by atoms with van der Waals surface area (Å²) < 4.78 is 66.5. The first-order chi connectivity index (χ1) is 19.4. The van der Waals surface area contributed by atoms with Crippen molar-refractivity contribution in [3.05, 3.63) is 101 Å². The van der Waals surface area contributed by atoms with Crippen LogP contribution in [0, 0.1) is 0 Å². The van der Waals surface area contributed by atoms with E-state index in [4.69, 9.17) is 11.6 Å². The molecule has 7 nitrogen and oxygen atoms in total. The van der Waals surface area contributed by atoms with Crippen LogP contribution in [0.5, 0.6) is 0 Å².